The number of imide groups is 1. The number of nitrogens with one attached hydrogen (secondary N) is 1. The number of fused-ring (bicyclic) bond motifs is 1. The van der Waals surface area contributed by atoms with E-state index < -0.39 is 6.04 Å². The third-order valence-electron chi connectivity index (χ3n) is 5.93. The van der Waals surface area contributed by atoms with Gasteiger partial charge in [-0.15, -0.1) is 0 Å². The summed E-state index contributed by atoms with van der Waals surface area (Å²) in [4.78, 5) is 53.5. The van der Waals surface area contributed by atoms with Crippen LogP contribution in [0.2, 0.25) is 5.02 Å². The number of carbonyl (C=O) groups excluding carboxylic acids is 4. The second-order valence-corrected chi connectivity index (χ2v) is 8.39. The molecule has 1 fully saturated rings. The molecule has 1 N–H and O–H groups in total. The first-order chi connectivity index (χ1) is 14.8. The fraction of sp³-hybridized carbons (Fsp3) is 0.478. The molecule has 3 atom stereocenters. The Labute approximate surface area is 187 Å². The topological polar surface area (TPSA) is 86.8 Å². The van der Waals surface area contributed by atoms with Crippen LogP contribution in [0.15, 0.2) is 36.4 Å². The van der Waals surface area contributed by atoms with Gasteiger partial charge in [-0.25, -0.2) is 0 Å². The number of hydrogen-bond donors (Lipinski definition) is 1. The van der Waals surface area contributed by atoms with Gasteiger partial charge in [-0.1, -0.05) is 35.9 Å². The first kappa shape index (κ1) is 23.0. The number of allylic oxidation sites excluding steroid dienone is 2. The van der Waals surface area contributed by atoms with E-state index in [4.69, 9.17) is 11.6 Å². The molecule has 7 nitrogen and oxygen atoms in total. The zero-order valence-corrected chi connectivity index (χ0v) is 18.6. The minimum absolute atomic E-state index is 0.0261. The molecule has 166 valence electrons. The molecular formula is C23H28ClN3O4. The van der Waals surface area contributed by atoms with Crippen molar-refractivity contribution in [3.05, 3.63) is 47.0 Å². The molecule has 1 aliphatic heterocycles. The van der Waals surface area contributed by atoms with E-state index in [1.54, 1.807) is 31.2 Å². The Balaban J connectivity index is 1.70. The van der Waals surface area contributed by atoms with Gasteiger partial charge in [0.25, 0.3) is 0 Å². The number of hydrogen-bond acceptors (Lipinski definition) is 4. The van der Waals surface area contributed by atoms with Crippen molar-refractivity contribution < 1.29 is 19.2 Å². The quantitative estimate of drug-likeness (QED) is 0.492. The molecule has 1 heterocycles. The van der Waals surface area contributed by atoms with E-state index in [0.29, 0.717) is 24.4 Å². The minimum atomic E-state index is -0.695. The van der Waals surface area contributed by atoms with Crippen LogP contribution in [0.4, 0.5) is 0 Å². The van der Waals surface area contributed by atoms with Gasteiger partial charge < -0.3 is 10.2 Å². The normalized spacial score (nSPS) is 21.1. The predicted molar refractivity (Wildman–Crippen MR) is 117 cm³/mol. The number of likely N-dealkylation sites (tertiary alicyclic amines) is 1. The van der Waals surface area contributed by atoms with Gasteiger partial charge in [0.2, 0.25) is 23.6 Å². The van der Waals surface area contributed by atoms with Crippen LogP contribution in [0.3, 0.4) is 0 Å². The van der Waals surface area contributed by atoms with E-state index in [1.165, 1.54) is 9.80 Å². The predicted octanol–water partition coefficient (Wildman–Crippen LogP) is 2.53. The summed E-state index contributed by atoms with van der Waals surface area (Å²) in [6.07, 6.45) is 4.97. The molecule has 4 amide bonds. The van der Waals surface area contributed by atoms with Crippen molar-refractivity contribution in [1.29, 1.82) is 0 Å². The van der Waals surface area contributed by atoms with Crippen molar-refractivity contribution in [2.24, 2.45) is 11.8 Å². The number of amides is 4. The molecule has 1 saturated heterocycles. The lowest BCUT2D eigenvalue weighted by molar-refractivity contribution is -0.143. The molecule has 8 heteroatoms. The summed E-state index contributed by atoms with van der Waals surface area (Å²) >= 11 is 5.95. The van der Waals surface area contributed by atoms with Crippen molar-refractivity contribution in [2.45, 2.75) is 45.7 Å². The first-order valence-corrected chi connectivity index (χ1v) is 11.0. The van der Waals surface area contributed by atoms with Crippen LogP contribution in [0.5, 0.6) is 0 Å². The molecule has 0 spiro atoms. The van der Waals surface area contributed by atoms with Gasteiger partial charge in [-0.3, -0.25) is 24.1 Å². The monoisotopic (exact) mass is 445 g/mol. The zero-order chi connectivity index (χ0) is 22.5. The van der Waals surface area contributed by atoms with Gasteiger partial charge >= 0.3 is 0 Å². The fourth-order valence-corrected chi connectivity index (χ4v) is 4.26. The van der Waals surface area contributed by atoms with Crippen molar-refractivity contribution in [1.82, 2.24) is 15.1 Å². The van der Waals surface area contributed by atoms with Crippen LogP contribution in [0.1, 0.15) is 38.7 Å². The summed E-state index contributed by atoms with van der Waals surface area (Å²) in [6, 6.07) is 6.37. The summed E-state index contributed by atoms with van der Waals surface area (Å²) < 4.78 is 0. The summed E-state index contributed by atoms with van der Waals surface area (Å²) in [7, 11) is 0. The van der Waals surface area contributed by atoms with Crippen molar-refractivity contribution in [2.75, 3.05) is 13.1 Å². The maximum atomic E-state index is 13.1. The van der Waals surface area contributed by atoms with E-state index in [2.05, 4.69) is 5.32 Å². The van der Waals surface area contributed by atoms with Gasteiger partial charge in [0.05, 0.1) is 11.8 Å². The van der Waals surface area contributed by atoms with E-state index >= 15 is 0 Å². The highest BCUT2D eigenvalue weighted by Gasteiger charge is 2.47. The van der Waals surface area contributed by atoms with Gasteiger partial charge in [0.15, 0.2) is 0 Å². The smallest absolute Gasteiger partial charge is 0.242 e. The van der Waals surface area contributed by atoms with Crippen LogP contribution < -0.4 is 5.32 Å². The Kier molecular flexibility index (Phi) is 7.49. The lowest BCUT2D eigenvalue weighted by Crippen LogP contribution is -2.48. The third kappa shape index (κ3) is 5.15. The molecule has 0 saturated carbocycles. The van der Waals surface area contributed by atoms with Crippen LogP contribution >= 0.6 is 11.6 Å². The van der Waals surface area contributed by atoms with E-state index in [9.17, 15) is 19.2 Å². The Hall–Kier alpha value is -2.67. The van der Waals surface area contributed by atoms with E-state index in [-0.39, 0.29) is 55.0 Å². The second kappa shape index (κ2) is 10.1. The molecule has 0 bridgehead atoms. The van der Waals surface area contributed by atoms with Crippen molar-refractivity contribution in [3.63, 3.8) is 0 Å². The molecule has 0 radical (unpaired) electrons. The number of nitrogens with zero attached hydrogens (tertiary/aromatic N) is 2. The van der Waals surface area contributed by atoms with Crippen LogP contribution in [-0.2, 0) is 25.7 Å². The summed E-state index contributed by atoms with van der Waals surface area (Å²) in [5.74, 6) is -1.57. The molecule has 1 aromatic carbocycles. The second-order valence-electron chi connectivity index (χ2n) is 7.95. The van der Waals surface area contributed by atoms with Crippen molar-refractivity contribution >= 4 is 35.2 Å². The fourth-order valence-electron chi connectivity index (χ4n) is 4.13. The highest BCUT2D eigenvalue weighted by atomic mass is 35.5. The molecule has 1 aliphatic carbocycles. The SMILES string of the molecule is CCNC(=O)[C@@H](C)N(Cc1ccc(Cl)cc1)C(=O)CCN1C(=O)[C@H]2CC=CC[C@H]2C1=O. The maximum absolute atomic E-state index is 13.1. The van der Waals surface area contributed by atoms with Gasteiger partial charge in [-0.2, -0.15) is 0 Å². The number of benzene rings is 1. The lowest BCUT2D eigenvalue weighted by Gasteiger charge is -2.29. The number of carbonyl (C=O) groups is 4. The average molecular weight is 446 g/mol. The van der Waals surface area contributed by atoms with E-state index in [0.717, 1.165) is 5.56 Å². The number of halogens is 1. The van der Waals surface area contributed by atoms with Crippen LogP contribution in [0, 0.1) is 11.8 Å². The Morgan fingerprint density at radius 2 is 1.71 bits per heavy atom. The standard InChI is InChI=1S/C23H28ClN3O4/c1-3-25-21(29)15(2)27(14-16-8-10-17(24)11-9-16)20(28)12-13-26-22(30)18-6-4-5-7-19(18)23(26)31/h4-5,8-11,15,18-19H,3,6-7,12-14H2,1-2H3,(H,25,29)/t15-,18-,19+/m1/s1. The molecule has 31 heavy (non-hydrogen) atoms. The minimum Gasteiger partial charge on any atom is -0.355 e. The first-order valence-electron chi connectivity index (χ1n) is 10.6. The van der Waals surface area contributed by atoms with Gasteiger partial charge in [0.1, 0.15) is 6.04 Å². The van der Waals surface area contributed by atoms with Gasteiger partial charge in [0, 0.05) is 31.1 Å². The van der Waals surface area contributed by atoms with Crippen molar-refractivity contribution in [3.8, 4) is 0 Å². The largest absolute Gasteiger partial charge is 0.355 e. The molecule has 3 rings (SSSR count). The summed E-state index contributed by atoms with van der Waals surface area (Å²) in [6.45, 7) is 4.20. The summed E-state index contributed by atoms with van der Waals surface area (Å²) in [5, 5.41) is 3.32. The average Bonchev–Trinajstić information content (AvgIpc) is 3.01. The lowest BCUT2D eigenvalue weighted by atomic mass is 9.85. The summed E-state index contributed by atoms with van der Waals surface area (Å²) in [5.41, 5.74) is 0.833. The Morgan fingerprint density at radius 3 is 2.26 bits per heavy atom. The van der Waals surface area contributed by atoms with Gasteiger partial charge in [-0.05, 0) is 44.4 Å². The third-order valence-corrected chi connectivity index (χ3v) is 6.18. The molecule has 1 aromatic rings. The number of rotatable bonds is 8. The van der Waals surface area contributed by atoms with Crippen LogP contribution in [0.25, 0.3) is 0 Å². The molecule has 0 aromatic heterocycles. The highest BCUT2D eigenvalue weighted by Crippen LogP contribution is 2.35. The highest BCUT2D eigenvalue weighted by molar-refractivity contribution is 6.30. The molecule has 0 unspecified atom stereocenters. The Morgan fingerprint density at radius 1 is 1.13 bits per heavy atom. The maximum Gasteiger partial charge on any atom is 0.242 e. The molecular weight excluding hydrogens is 418 g/mol. The van der Waals surface area contributed by atoms with E-state index in [1.807, 2.05) is 19.1 Å². The van der Waals surface area contributed by atoms with Crippen LogP contribution in [-0.4, -0.2) is 52.6 Å². The zero-order valence-electron chi connectivity index (χ0n) is 17.8. The molecule has 2 aliphatic rings. The Bertz CT molecular complexity index is 857. The number of likely N-dealkylation sites (N-methyl/N-ethyl adjacent to an activating group) is 1.